The lowest BCUT2D eigenvalue weighted by atomic mass is 9.77. The Hall–Kier alpha value is -3.24. The molecule has 0 radical (unpaired) electrons. The van der Waals surface area contributed by atoms with Gasteiger partial charge in [0, 0.05) is 11.1 Å². The second-order valence-electron chi connectivity index (χ2n) is 7.74. The Morgan fingerprint density at radius 1 is 0.833 bits per heavy atom. The maximum atomic E-state index is 14.1. The van der Waals surface area contributed by atoms with Crippen LogP contribution in [-0.2, 0) is 16.9 Å². The Labute approximate surface area is 177 Å². The molecule has 4 heteroatoms. The van der Waals surface area contributed by atoms with E-state index in [1.54, 1.807) is 4.90 Å². The summed E-state index contributed by atoms with van der Waals surface area (Å²) in [5, 5.41) is 1.95. The second kappa shape index (κ2) is 8.64. The largest absolute Gasteiger partial charge is 0.323 e. The third kappa shape index (κ3) is 3.44. The van der Waals surface area contributed by atoms with Crippen LogP contribution < -0.4 is 10.2 Å². The number of rotatable bonds is 7. The Bertz CT molecular complexity index is 1030. The van der Waals surface area contributed by atoms with Crippen LogP contribution in [0, 0.1) is 0 Å². The van der Waals surface area contributed by atoms with E-state index in [-0.39, 0.29) is 11.7 Å². The maximum Gasteiger partial charge on any atom is 0.302 e. The first-order valence-electron chi connectivity index (χ1n) is 10.6. The zero-order valence-electron chi connectivity index (χ0n) is 17.3. The smallest absolute Gasteiger partial charge is 0.302 e. The number of amides is 1. The van der Waals surface area contributed by atoms with Crippen LogP contribution in [0.1, 0.15) is 41.3 Å². The van der Waals surface area contributed by atoms with E-state index in [0.717, 1.165) is 24.0 Å². The SMILES string of the molecule is CCCC[NH2+]C1(c2ccccc2)C(=O)c2ccccc2N(Cc2ccccc2)C1=O. The lowest BCUT2D eigenvalue weighted by Crippen LogP contribution is -3.00. The summed E-state index contributed by atoms with van der Waals surface area (Å²) in [6.07, 6.45) is 1.95. The monoisotopic (exact) mass is 399 g/mol. The minimum atomic E-state index is -1.29. The van der Waals surface area contributed by atoms with Crippen LogP contribution in [0.3, 0.4) is 0 Å². The molecular formula is C26H27N2O2+. The van der Waals surface area contributed by atoms with Gasteiger partial charge < -0.3 is 10.2 Å². The van der Waals surface area contributed by atoms with Crippen molar-refractivity contribution in [1.29, 1.82) is 0 Å². The Morgan fingerprint density at radius 2 is 1.47 bits per heavy atom. The van der Waals surface area contributed by atoms with Crippen molar-refractivity contribution in [3.63, 3.8) is 0 Å². The van der Waals surface area contributed by atoms with Crippen molar-refractivity contribution >= 4 is 17.4 Å². The highest BCUT2D eigenvalue weighted by Gasteiger charge is 2.57. The summed E-state index contributed by atoms with van der Waals surface area (Å²) in [6, 6.07) is 26.9. The second-order valence-corrected chi connectivity index (χ2v) is 7.74. The van der Waals surface area contributed by atoms with Crippen molar-refractivity contribution in [2.45, 2.75) is 31.8 Å². The number of carbonyl (C=O) groups is 2. The highest BCUT2D eigenvalue weighted by molar-refractivity contribution is 6.26. The fourth-order valence-electron chi connectivity index (χ4n) is 4.23. The third-order valence-corrected chi connectivity index (χ3v) is 5.80. The topological polar surface area (TPSA) is 54.0 Å². The first-order valence-corrected chi connectivity index (χ1v) is 10.6. The van der Waals surface area contributed by atoms with Crippen LogP contribution in [0.15, 0.2) is 84.9 Å². The van der Waals surface area contributed by atoms with Gasteiger partial charge in [-0.15, -0.1) is 0 Å². The van der Waals surface area contributed by atoms with Crippen LogP contribution in [0.25, 0.3) is 0 Å². The number of carbonyl (C=O) groups excluding carboxylic acids is 2. The number of benzene rings is 3. The van der Waals surface area contributed by atoms with Crippen molar-refractivity contribution in [3.8, 4) is 0 Å². The normalized spacial score (nSPS) is 18.4. The number of anilines is 1. The number of quaternary nitrogens is 1. The predicted molar refractivity (Wildman–Crippen MR) is 118 cm³/mol. The number of fused-ring (bicyclic) bond motifs is 1. The molecule has 3 aromatic carbocycles. The molecule has 1 atom stereocenters. The molecule has 0 fully saturated rings. The molecule has 3 aromatic rings. The Morgan fingerprint density at radius 3 is 2.17 bits per heavy atom. The quantitative estimate of drug-likeness (QED) is 0.487. The Balaban J connectivity index is 1.87. The van der Waals surface area contributed by atoms with Gasteiger partial charge in [0.05, 0.1) is 18.8 Å². The number of hydrogen-bond acceptors (Lipinski definition) is 2. The molecule has 152 valence electrons. The standard InChI is InChI=1S/C26H26N2O2/c1-2-3-18-27-26(21-14-8-5-9-15-21)24(29)22-16-10-11-17-23(22)28(25(26)30)19-20-12-6-4-7-13-20/h4-17,27H,2-3,18-19H2,1H3/p+1. The molecule has 0 aromatic heterocycles. The highest BCUT2D eigenvalue weighted by Crippen LogP contribution is 2.37. The van der Waals surface area contributed by atoms with Crippen molar-refractivity contribution in [2.75, 3.05) is 11.4 Å². The van der Waals surface area contributed by atoms with E-state index in [1.165, 1.54) is 0 Å². The molecule has 1 heterocycles. The van der Waals surface area contributed by atoms with Crippen molar-refractivity contribution in [2.24, 2.45) is 0 Å². The van der Waals surface area contributed by atoms with Crippen LogP contribution in [0.4, 0.5) is 5.69 Å². The van der Waals surface area contributed by atoms with Gasteiger partial charge in [-0.25, -0.2) is 0 Å². The van der Waals surface area contributed by atoms with Crippen LogP contribution in [-0.4, -0.2) is 18.2 Å². The summed E-state index contributed by atoms with van der Waals surface area (Å²) in [5.41, 5.74) is 1.77. The fourth-order valence-corrected chi connectivity index (χ4v) is 4.23. The molecular weight excluding hydrogens is 372 g/mol. The number of Topliss-reactive ketones (excluding diaryl/α,β-unsaturated/α-hetero) is 1. The molecule has 0 bridgehead atoms. The zero-order valence-corrected chi connectivity index (χ0v) is 17.3. The minimum Gasteiger partial charge on any atom is -0.323 e. The molecule has 0 spiro atoms. The average molecular weight is 400 g/mol. The molecule has 0 saturated heterocycles. The number of nitrogens with two attached hydrogens (primary N) is 1. The van der Waals surface area contributed by atoms with Crippen LogP contribution in [0.2, 0.25) is 0 Å². The van der Waals surface area contributed by atoms with Crippen LogP contribution >= 0.6 is 0 Å². The summed E-state index contributed by atoms with van der Waals surface area (Å²) in [6.45, 7) is 3.26. The molecule has 1 aliphatic heterocycles. The molecule has 2 N–H and O–H groups in total. The van der Waals surface area contributed by atoms with Gasteiger partial charge in [0.2, 0.25) is 5.78 Å². The summed E-state index contributed by atoms with van der Waals surface area (Å²) < 4.78 is 0. The minimum absolute atomic E-state index is 0.130. The van der Waals surface area contributed by atoms with E-state index in [1.807, 2.05) is 90.2 Å². The molecule has 0 aliphatic carbocycles. The first kappa shape index (κ1) is 20.0. The number of ketones is 1. The lowest BCUT2D eigenvalue weighted by molar-refractivity contribution is -0.705. The third-order valence-electron chi connectivity index (χ3n) is 5.80. The fraction of sp³-hybridized carbons (Fsp3) is 0.231. The summed E-state index contributed by atoms with van der Waals surface area (Å²) in [7, 11) is 0. The molecule has 30 heavy (non-hydrogen) atoms. The van der Waals surface area contributed by atoms with E-state index in [9.17, 15) is 9.59 Å². The van der Waals surface area contributed by atoms with Gasteiger partial charge in [-0.05, 0) is 24.1 Å². The van der Waals surface area contributed by atoms with E-state index in [0.29, 0.717) is 24.3 Å². The van der Waals surface area contributed by atoms with E-state index < -0.39 is 5.54 Å². The molecule has 4 nitrogen and oxygen atoms in total. The number of para-hydroxylation sites is 1. The van der Waals surface area contributed by atoms with Crippen molar-refractivity contribution in [3.05, 3.63) is 102 Å². The number of hydrogen-bond donors (Lipinski definition) is 1. The van der Waals surface area contributed by atoms with Gasteiger partial charge in [0.1, 0.15) is 0 Å². The van der Waals surface area contributed by atoms with E-state index >= 15 is 0 Å². The van der Waals surface area contributed by atoms with Gasteiger partial charge in [-0.2, -0.15) is 0 Å². The van der Waals surface area contributed by atoms with E-state index in [4.69, 9.17) is 0 Å². The first-order chi connectivity index (χ1) is 14.7. The summed E-state index contributed by atoms with van der Waals surface area (Å²) in [5.74, 6) is -0.299. The molecule has 0 saturated carbocycles. The zero-order chi connectivity index (χ0) is 21.0. The van der Waals surface area contributed by atoms with Crippen molar-refractivity contribution < 1.29 is 14.9 Å². The molecule has 1 unspecified atom stereocenters. The summed E-state index contributed by atoms with van der Waals surface area (Å²) >= 11 is 0. The maximum absolute atomic E-state index is 14.1. The number of unbranched alkanes of at least 4 members (excludes halogenated alkanes) is 1. The Kier molecular flexibility index (Phi) is 5.77. The average Bonchev–Trinajstić information content (AvgIpc) is 2.80. The molecule has 1 aliphatic rings. The van der Waals surface area contributed by atoms with Gasteiger partial charge in [-0.3, -0.25) is 9.59 Å². The molecule has 4 rings (SSSR count). The van der Waals surface area contributed by atoms with Gasteiger partial charge >= 0.3 is 5.91 Å². The molecule has 1 amide bonds. The van der Waals surface area contributed by atoms with Crippen LogP contribution in [0.5, 0.6) is 0 Å². The van der Waals surface area contributed by atoms with Gasteiger partial charge in [0.15, 0.2) is 0 Å². The van der Waals surface area contributed by atoms with Gasteiger partial charge in [0.25, 0.3) is 5.54 Å². The predicted octanol–water partition coefficient (Wildman–Crippen LogP) is 3.68. The van der Waals surface area contributed by atoms with E-state index in [2.05, 4.69) is 6.92 Å². The lowest BCUT2D eigenvalue weighted by Gasteiger charge is -2.39. The number of nitrogens with zero attached hydrogens (tertiary/aromatic N) is 1. The summed E-state index contributed by atoms with van der Waals surface area (Å²) in [4.78, 5) is 29.7. The highest BCUT2D eigenvalue weighted by atomic mass is 16.2. The van der Waals surface area contributed by atoms with Gasteiger partial charge in [-0.1, -0.05) is 86.1 Å². The van der Waals surface area contributed by atoms with Crippen molar-refractivity contribution in [1.82, 2.24) is 0 Å².